The third kappa shape index (κ3) is 2.26. The molecule has 0 saturated heterocycles. The predicted octanol–water partition coefficient (Wildman–Crippen LogP) is 2.70. The van der Waals surface area contributed by atoms with E-state index in [1.807, 2.05) is 18.6 Å². The second-order valence-electron chi connectivity index (χ2n) is 2.68. The topological polar surface area (TPSA) is 30.7 Å². The third-order valence-corrected chi connectivity index (χ3v) is 2.85. The van der Waals surface area contributed by atoms with E-state index in [0.29, 0.717) is 5.88 Å². The van der Waals surface area contributed by atoms with Gasteiger partial charge in [-0.2, -0.15) is 5.10 Å². The zero-order valence-corrected chi connectivity index (χ0v) is 9.86. The van der Waals surface area contributed by atoms with Crippen molar-refractivity contribution in [3.8, 4) is 10.6 Å². The highest BCUT2D eigenvalue weighted by Gasteiger charge is 2.05. The van der Waals surface area contributed by atoms with E-state index in [0.717, 1.165) is 16.3 Å². The Labute approximate surface area is 97.1 Å². The SMILES string of the molecule is Cl.Cn1cc(-c2nc(CCl)cs2)cn1. The fourth-order valence-electron chi connectivity index (χ4n) is 1.03. The van der Waals surface area contributed by atoms with E-state index in [9.17, 15) is 0 Å². The summed E-state index contributed by atoms with van der Waals surface area (Å²) in [5.74, 6) is 0.469. The summed E-state index contributed by atoms with van der Waals surface area (Å²) in [6, 6.07) is 0. The smallest absolute Gasteiger partial charge is 0.126 e. The molecule has 0 radical (unpaired) electrons. The standard InChI is InChI=1S/C8H8ClN3S.ClH/c1-12-4-6(3-10-12)8-11-7(2-9)5-13-8;/h3-5H,2H2,1H3;1H. The van der Waals surface area contributed by atoms with Crippen LogP contribution < -0.4 is 0 Å². The minimum absolute atomic E-state index is 0. The fraction of sp³-hybridized carbons (Fsp3) is 0.250. The van der Waals surface area contributed by atoms with Crippen LogP contribution >= 0.6 is 35.3 Å². The Kier molecular flexibility index (Phi) is 3.92. The molecule has 0 atom stereocenters. The average Bonchev–Trinajstić information content (AvgIpc) is 2.71. The van der Waals surface area contributed by atoms with E-state index < -0.39 is 0 Å². The first-order valence-corrected chi connectivity index (χ1v) is 5.20. The molecule has 14 heavy (non-hydrogen) atoms. The van der Waals surface area contributed by atoms with Gasteiger partial charge in [0, 0.05) is 24.2 Å². The van der Waals surface area contributed by atoms with Crippen LogP contribution in [0.15, 0.2) is 17.8 Å². The summed E-state index contributed by atoms with van der Waals surface area (Å²) in [7, 11) is 1.89. The molecule has 3 nitrogen and oxygen atoms in total. The van der Waals surface area contributed by atoms with Crippen LogP contribution in [-0.4, -0.2) is 14.8 Å². The molecule has 0 aliphatic rings. The Morgan fingerprint density at radius 2 is 2.36 bits per heavy atom. The lowest BCUT2D eigenvalue weighted by Gasteiger charge is -1.86. The number of rotatable bonds is 2. The lowest BCUT2D eigenvalue weighted by atomic mass is 10.4. The number of hydrogen-bond acceptors (Lipinski definition) is 3. The van der Waals surface area contributed by atoms with Crippen molar-refractivity contribution < 1.29 is 0 Å². The van der Waals surface area contributed by atoms with Crippen molar-refractivity contribution in [1.29, 1.82) is 0 Å². The van der Waals surface area contributed by atoms with E-state index >= 15 is 0 Å². The molecule has 0 spiro atoms. The fourth-order valence-corrected chi connectivity index (χ4v) is 2.06. The first-order chi connectivity index (χ1) is 6.29. The van der Waals surface area contributed by atoms with Crippen molar-refractivity contribution in [3.63, 3.8) is 0 Å². The van der Waals surface area contributed by atoms with Gasteiger partial charge >= 0.3 is 0 Å². The minimum Gasteiger partial charge on any atom is -0.275 e. The van der Waals surface area contributed by atoms with E-state index in [1.54, 1.807) is 22.2 Å². The zero-order chi connectivity index (χ0) is 9.26. The molecular formula is C8H9Cl2N3S. The predicted molar refractivity (Wildman–Crippen MR) is 61.1 cm³/mol. The van der Waals surface area contributed by atoms with Crippen LogP contribution in [0.25, 0.3) is 10.6 Å². The molecule has 0 amide bonds. The van der Waals surface area contributed by atoms with Gasteiger partial charge in [-0.1, -0.05) is 0 Å². The lowest BCUT2D eigenvalue weighted by molar-refractivity contribution is 0.768. The number of halogens is 2. The Morgan fingerprint density at radius 1 is 1.57 bits per heavy atom. The average molecular weight is 250 g/mol. The second-order valence-corrected chi connectivity index (χ2v) is 3.81. The molecule has 0 saturated carbocycles. The second kappa shape index (κ2) is 4.77. The Hall–Kier alpha value is -0.580. The van der Waals surface area contributed by atoms with E-state index in [1.165, 1.54) is 0 Å². The summed E-state index contributed by atoms with van der Waals surface area (Å²) < 4.78 is 1.76. The van der Waals surface area contributed by atoms with E-state index in [2.05, 4.69) is 10.1 Å². The molecule has 2 aromatic heterocycles. The van der Waals surface area contributed by atoms with Gasteiger partial charge < -0.3 is 0 Å². The quantitative estimate of drug-likeness (QED) is 0.767. The molecule has 0 bridgehead atoms. The highest BCUT2D eigenvalue weighted by molar-refractivity contribution is 7.13. The van der Waals surface area contributed by atoms with Gasteiger partial charge in [0.2, 0.25) is 0 Å². The van der Waals surface area contributed by atoms with Gasteiger partial charge in [-0.05, 0) is 0 Å². The van der Waals surface area contributed by atoms with E-state index in [4.69, 9.17) is 11.6 Å². The van der Waals surface area contributed by atoms with Crippen molar-refractivity contribution in [2.24, 2.45) is 7.05 Å². The monoisotopic (exact) mass is 249 g/mol. The van der Waals surface area contributed by atoms with Gasteiger partial charge in [0.25, 0.3) is 0 Å². The maximum Gasteiger partial charge on any atom is 0.126 e. The molecule has 0 unspecified atom stereocenters. The molecule has 6 heteroatoms. The number of thiazole rings is 1. The molecule has 0 fully saturated rings. The van der Waals surface area contributed by atoms with Gasteiger partial charge in [-0.25, -0.2) is 4.98 Å². The Bertz CT molecular complexity index is 410. The molecule has 2 heterocycles. The molecule has 2 aromatic rings. The zero-order valence-electron chi connectivity index (χ0n) is 7.48. The van der Waals surface area contributed by atoms with Crippen molar-refractivity contribution in [1.82, 2.24) is 14.8 Å². The molecule has 2 rings (SSSR count). The number of nitrogens with zero attached hydrogens (tertiary/aromatic N) is 3. The summed E-state index contributed by atoms with van der Waals surface area (Å²) in [6.45, 7) is 0. The first kappa shape index (κ1) is 11.5. The van der Waals surface area contributed by atoms with Gasteiger partial charge in [-0.3, -0.25) is 4.68 Å². The number of aromatic nitrogens is 3. The maximum absolute atomic E-state index is 5.66. The Balaban J connectivity index is 0.000000980. The first-order valence-electron chi connectivity index (χ1n) is 3.79. The van der Waals surface area contributed by atoms with Crippen LogP contribution in [0.4, 0.5) is 0 Å². The lowest BCUT2D eigenvalue weighted by Crippen LogP contribution is -1.84. The Morgan fingerprint density at radius 3 is 2.86 bits per heavy atom. The van der Waals surface area contributed by atoms with Crippen LogP contribution in [0.5, 0.6) is 0 Å². The van der Waals surface area contributed by atoms with Crippen LogP contribution in [0.3, 0.4) is 0 Å². The van der Waals surface area contributed by atoms with Crippen molar-refractivity contribution in [3.05, 3.63) is 23.5 Å². The summed E-state index contributed by atoms with van der Waals surface area (Å²) in [5.41, 5.74) is 1.97. The van der Waals surface area contributed by atoms with Gasteiger partial charge in [0.05, 0.1) is 17.8 Å². The molecule has 0 N–H and O–H groups in total. The normalized spacial score (nSPS) is 9.86. The van der Waals surface area contributed by atoms with E-state index in [-0.39, 0.29) is 12.4 Å². The number of aryl methyl sites for hydroxylation is 1. The number of alkyl halides is 1. The van der Waals surface area contributed by atoms with Crippen molar-refractivity contribution in [2.45, 2.75) is 5.88 Å². The summed E-state index contributed by atoms with van der Waals surface area (Å²) in [4.78, 5) is 4.35. The van der Waals surface area contributed by atoms with Crippen molar-refractivity contribution >= 4 is 35.3 Å². The summed E-state index contributed by atoms with van der Waals surface area (Å²) in [5, 5.41) is 7.02. The molecular weight excluding hydrogens is 241 g/mol. The molecule has 76 valence electrons. The van der Waals surface area contributed by atoms with Crippen molar-refractivity contribution in [2.75, 3.05) is 0 Å². The highest BCUT2D eigenvalue weighted by Crippen LogP contribution is 2.23. The third-order valence-electron chi connectivity index (χ3n) is 1.64. The van der Waals surface area contributed by atoms with Crippen LogP contribution in [0, 0.1) is 0 Å². The maximum atomic E-state index is 5.66. The number of hydrogen-bond donors (Lipinski definition) is 0. The molecule has 0 aromatic carbocycles. The van der Waals surface area contributed by atoms with Crippen LogP contribution in [-0.2, 0) is 12.9 Å². The highest BCUT2D eigenvalue weighted by atomic mass is 35.5. The summed E-state index contributed by atoms with van der Waals surface area (Å²) in [6.07, 6.45) is 3.74. The van der Waals surface area contributed by atoms with Gasteiger partial charge in [-0.15, -0.1) is 35.3 Å². The van der Waals surface area contributed by atoms with Crippen LogP contribution in [0.2, 0.25) is 0 Å². The largest absolute Gasteiger partial charge is 0.275 e. The van der Waals surface area contributed by atoms with Crippen LogP contribution in [0.1, 0.15) is 5.69 Å². The molecule has 0 aliphatic heterocycles. The van der Waals surface area contributed by atoms with Gasteiger partial charge in [0.1, 0.15) is 5.01 Å². The van der Waals surface area contributed by atoms with Gasteiger partial charge in [0.15, 0.2) is 0 Å². The summed E-state index contributed by atoms with van der Waals surface area (Å²) >= 11 is 7.25. The minimum atomic E-state index is 0. The molecule has 0 aliphatic carbocycles.